The lowest BCUT2D eigenvalue weighted by molar-refractivity contribution is 0.173. The molecule has 1 aliphatic carbocycles. The lowest BCUT2D eigenvalue weighted by atomic mass is 10.1. The van der Waals surface area contributed by atoms with Gasteiger partial charge in [-0.3, -0.25) is 0 Å². The van der Waals surface area contributed by atoms with E-state index in [0.29, 0.717) is 5.92 Å². The third-order valence-electron chi connectivity index (χ3n) is 2.05. The van der Waals surface area contributed by atoms with Gasteiger partial charge in [-0.15, -0.1) is 0 Å². The van der Waals surface area contributed by atoms with Crippen molar-refractivity contribution in [3.8, 4) is 0 Å². The standard InChI is InChI=1S/C7H14O2/c8-4-3-6-1-2-7(9)5-6/h6-9H,1-5H2/t6-,7+/m0/s1. The summed E-state index contributed by atoms with van der Waals surface area (Å²) in [6, 6.07) is 0. The van der Waals surface area contributed by atoms with Crippen LogP contribution >= 0.6 is 0 Å². The van der Waals surface area contributed by atoms with Crippen LogP contribution in [0.5, 0.6) is 0 Å². The predicted octanol–water partition coefficient (Wildman–Crippen LogP) is 0.530. The van der Waals surface area contributed by atoms with Gasteiger partial charge in [-0.25, -0.2) is 0 Å². The Morgan fingerprint density at radius 1 is 1.33 bits per heavy atom. The zero-order chi connectivity index (χ0) is 6.69. The second kappa shape index (κ2) is 3.18. The Balaban J connectivity index is 2.14. The van der Waals surface area contributed by atoms with Crippen molar-refractivity contribution in [2.24, 2.45) is 5.92 Å². The van der Waals surface area contributed by atoms with Gasteiger partial charge in [0, 0.05) is 6.61 Å². The maximum atomic E-state index is 9.04. The molecule has 0 aromatic carbocycles. The summed E-state index contributed by atoms with van der Waals surface area (Å²) >= 11 is 0. The Kier molecular flexibility index (Phi) is 2.49. The van der Waals surface area contributed by atoms with Crippen LogP contribution in [0.4, 0.5) is 0 Å². The molecule has 2 heteroatoms. The van der Waals surface area contributed by atoms with E-state index in [2.05, 4.69) is 0 Å². The lowest BCUT2D eigenvalue weighted by Crippen LogP contribution is -2.01. The largest absolute Gasteiger partial charge is 0.396 e. The van der Waals surface area contributed by atoms with Crippen molar-refractivity contribution in [3.05, 3.63) is 0 Å². The SMILES string of the molecule is OCC[C@@H]1CC[C@@H](O)C1. The second-order valence-electron chi connectivity index (χ2n) is 2.85. The smallest absolute Gasteiger partial charge is 0.0543 e. The Hall–Kier alpha value is -0.0800. The molecule has 0 aliphatic heterocycles. The topological polar surface area (TPSA) is 40.5 Å². The molecule has 0 saturated heterocycles. The predicted molar refractivity (Wildman–Crippen MR) is 35.1 cm³/mol. The minimum absolute atomic E-state index is 0.0819. The van der Waals surface area contributed by atoms with Crippen molar-refractivity contribution in [2.45, 2.75) is 31.8 Å². The van der Waals surface area contributed by atoms with Crippen LogP contribution in [0.1, 0.15) is 25.7 Å². The van der Waals surface area contributed by atoms with Crippen LogP contribution in [0.15, 0.2) is 0 Å². The molecule has 1 fully saturated rings. The first-order valence-corrected chi connectivity index (χ1v) is 3.62. The van der Waals surface area contributed by atoms with E-state index in [9.17, 15) is 0 Å². The van der Waals surface area contributed by atoms with Gasteiger partial charge in [-0.2, -0.15) is 0 Å². The van der Waals surface area contributed by atoms with E-state index in [1.54, 1.807) is 0 Å². The molecule has 54 valence electrons. The Labute approximate surface area is 55.5 Å². The van der Waals surface area contributed by atoms with Crippen molar-refractivity contribution in [1.29, 1.82) is 0 Å². The number of rotatable bonds is 2. The monoisotopic (exact) mass is 130 g/mol. The first-order chi connectivity index (χ1) is 4.33. The molecule has 0 aromatic heterocycles. The van der Waals surface area contributed by atoms with E-state index in [1.165, 1.54) is 0 Å². The average Bonchev–Trinajstić information content (AvgIpc) is 2.17. The zero-order valence-corrected chi connectivity index (χ0v) is 5.58. The van der Waals surface area contributed by atoms with E-state index in [-0.39, 0.29) is 12.7 Å². The summed E-state index contributed by atoms with van der Waals surface area (Å²) in [5.74, 6) is 0.588. The van der Waals surface area contributed by atoms with Crippen LogP contribution in [0.2, 0.25) is 0 Å². The molecule has 1 rings (SSSR count). The molecule has 0 radical (unpaired) electrons. The maximum Gasteiger partial charge on any atom is 0.0543 e. The summed E-state index contributed by atoms with van der Waals surface area (Å²) in [7, 11) is 0. The summed E-state index contributed by atoms with van der Waals surface area (Å²) in [5.41, 5.74) is 0. The second-order valence-corrected chi connectivity index (χ2v) is 2.85. The van der Waals surface area contributed by atoms with Gasteiger partial charge in [-0.05, 0) is 31.6 Å². The third kappa shape index (κ3) is 1.95. The van der Waals surface area contributed by atoms with Crippen LogP contribution < -0.4 is 0 Å². The molecule has 0 unspecified atom stereocenters. The highest BCUT2D eigenvalue weighted by molar-refractivity contribution is 4.73. The molecular formula is C7H14O2. The minimum atomic E-state index is -0.0819. The summed E-state index contributed by atoms with van der Waals surface area (Å²) in [6.07, 6.45) is 3.73. The van der Waals surface area contributed by atoms with E-state index in [0.717, 1.165) is 25.7 Å². The summed E-state index contributed by atoms with van der Waals surface area (Å²) < 4.78 is 0. The van der Waals surface area contributed by atoms with Crippen molar-refractivity contribution >= 4 is 0 Å². The minimum Gasteiger partial charge on any atom is -0.396 e. The molecule has 0 aromatic rings. The van der Waals surface area contributed by atoms with Gasteiger partial charge >= 0.3 is 0 Å². The van der Waals surface area contributed by atoms with Crippen LogP contribution in [0.25, 0.3) is 0 Å². The zero-order valence-electron chi connectivity index (χ0n) is 5.58. The summed E-state index contributed by atoms with van der Waals surface area (Å²) in [4.78, 5) is 0. The van der Waals surface area contributed by atoms with Gasteiger partial charge in [0.1, 0.15) is 0 Å². The average molecular weight is 130 g/mol. The van der Waals surface area contributed by atoms with Gasteiger partial charge in [0.15, 0.2) is 0 Å². The first kappa shape index (κ1) is 7.03. The van der Waals surface area contributed by atoms with Gasteiger partial charge in [0.2, 0.25) is 0 Å². The number of aliphatic hydroxyl groups is 2. The van der Waals surface area contributed by atoms with Crippen molar-refractivity contribution in [3.63, 3.8) is 0 Å². The number of aliphatic hydroxyl groups excluding tert-OH is 2. The Bertz CT molecular complexity index is 81.0. The van der Waals surface area contributed by atoms with Crippen molar-refractivity contribution in [2.75, 3.05) is 6.61 Å². The lowest BCUT2D eigenvalue weighted by Gasteiger charge is -2.04. The fourth-order valence-electron chi connectivity index (χ4n) is 1.49. The molecule has 0 heterocycles. The first-order valence-electron chi connectivity index (χ1n) is 3.62. The van der Waals surface area contributed by atoms with Crippen LogP contribution in [0, 0.1) is 5.92 Å². The summed E-state index contributed by atoms with van der Waals surface area (Å²) in [5, 5.41) is 17.6. The summed E-state index contributed by atoms with van der Waals surface area (Å²) in [6.45, 7) is 0.275. The van der Waals surface area contributed by atoms with Crippen molar-refractivity contribution in [1.82, 2.24) is 0 Å². The maximum absolute atomic E-state index is 9.04. The molecule has 1 saturated carbocycles. The van der Waals surface area contributed by atoms with Gasteiger partial charge in [-0.1, -0.05) is 0 Å². The highest BCUT2D eigenvalue weighted by Gasteiger charge is 2.21. The number of hydrogen-bond donors (Lipinski definition) is 2. The van der Waals surface area contributed by atoms with Crippen molar-refractivity contribution < 1.29 is 10.2 Å². The quantitative estimate of drug-likeness (QED) is 0.572. The Morgan fingerprint density at radius 2 is 2.11 bits per heavy atom. The van der Waals surface area contributed by atoms with E-state index in [1.807, 2.05) is 0 Å². The highest BCUT2D eigenvalue weighted by atomic mass is 16.3. The van der Waals surface area contributed by atoms with Gasteiger partial charge in [0.05, 0.1) is 6.10 Å². The molecule has 0 spiro atoms. The molecule has 2 N–H and O–H groups in total. The number of hydrogen-bond acceptors (Lipinski definition) is 2. The van der Waals surface area contributed by atoms with Crippen LogP contribution in [-0.2, 0) is 0 Å². The van der Waals surface area contributed by atoms with E-state index < -0.39 is 0 Å². The highest BCUT2D eigenvalue weighted by Crippen LogP contribution is 2.27. The molecule has 1 aliphatic rings. The van der Waals surface area contributed by atoms with Crippen LogP contribution in [-0.4, -0.2) is 22.9 Å². The van der Waals surface area contributed by atoms with Gasteiger partial charge in [0.25, 0.3) is 0 Å². The fourth-order valence-corrected chi connectivity index (χ4v) is 1.49. The van der Waals surface area contributed by atoms with Gasteiger partial charge < -0.3 is 10.2 Å². The molecule has 2 nitrogen and oxygen atoms in total. The Morgan fingerprint density at radius 3 is 2.56 bits per heavy atom. The molecule has 0 bridgehead atoms. The van der Waals surface area contributed by atoms with Crippen LogP contribution in [0.3, 0.4) is 0 Å². The molecular weight excluding hydrogens is 116 g/mol. The molecule has 2 atom stereocenters. The fraction of sp³-hybridized carbons (Fsp3) is 1.00. The van der Waals surface area contributed by atoms with E-state index >= 15 is 0 Å². The van der Waals surface area contributed by atoms with E-state index in [4.69, 9.17) is 10.2 Å². The normalized spacial score (nSPS) is 35.3. The molecule has 0 amide bonds. The molecule has 9 heavy (non-hydrogen) atoms. The third-order valence-corrected chi connectivity index (χ3v) is 2.05.